The molecule has 3 aromatic rings. The van der Waals surface area contributed by atoms with Gasteiger partial charge in [-0.3, -0.25) is 4.79 Å². The summed E-state index contributed by atoms with van der Waals surface area (Å²) in [6, 6.07) is 15.7. The topological polar surface area (TPSA) is 70.9 Å². The van der Waals surface area contributed by atoms with Gasteiger partial charge in [-0.1, -0.05) is 42.5 Å². The maximum atomic E-state index is 12.2. The molecule has 1 amide bonds. The summed E-state index contributed by atoms with van der Waals surface area (Å²) in [7, 11) is 0. The molecular formula is C20H23N3O. The second-order valence-corrected chi connectivity index (χ2v) is 6.14. The van der Waals surface area contributed by atoms with Gasteiger partial charge in [-0.2, -0.15) is 0 Å². The molecule has 0 unspecified atom stereocenters. The number of hydrogen-bond donors (Lipinski definition) is 3. The van der Waals surface area contributed by atoms with Gasteiger partial charge in [0.15, 0.2) is 0 Å². The Morgan fingerprint density at radius 3 is 2.71 bits per heavy atom. The first kappa shape index (κ1) is 16.3. The molecule has 0 aliphatic rings. The molecule has 2 aromatic carbocycles. The third kappa shape index (κ3) is 3.66. The van der Waals surface area contributed by atoms with Crippen molar-refractivity contribution in [2.24, 2.45) is 5.73 Å². The molecule has 3 rings (SSSR count). The first-order valence-corrected chi connectivity index (χ1v) is 8.28. The third-order valence-electron chi connectivity index (χ3n) is 4.41. The Balaban J connectivity index is 1.54. The van der Waals surface area contributed by atoms with Gasteiger partial charge in [-0.05, 0) is 42.5 Å². The molecule has 0 saturated heterocycles. The number of H-pyrrole nitrogens is 1. The Morgan fingerprint density at radius 1 is 1.12 bits per heavy atom. The van der Waals surface area contributed by atoms with Crippen molar-refractivity contribution in [3.8, 4) is 0 Å². The Bertz CT molecular complexity index is 838. The van der Waals surface area contributed by atoms with Crippen LogP contribution in [0, 0.1) is 6.92 Å². The second kappa shape index (κ2) is 7.32. The fraction of sp³-hybridized carbons (Fsp3) is 0.250. The molecule has 124 valence electrons. The van der Waals surface area contributed by atoms with Crippen molar-refractivity contribution >= 4 is 16.8 Å². The van der Waals surface area contributed by atoms with Crippen LogP contribution >= 0.6 is 0 Å². The fourth-order valence-electron chi connectivity index (χ4n) is 2.97. The molecule has 0 radical (unpaired) electrons. The predicted molar refractivity (Wildman–Crippen MR) is 97.9 cm³/mol. The molecule has 4 heteroatoms. The molecule has 1 aromatic heterocycles. The Kier molecular flexibility index (Phi) is 4.96. The van der Waals surface area contributed by atoms with Crippen LogP contribution in [0.2, 0.25) is 0 Å². The lowest BCUT2D eigenvalue weighted by atomic mass is 10.0. The monoisotopic (exact) mass is 321 g/mol. The van der Waals surface area contributed by atoms with Crippen LogP contribution in [0.5, 0.6) is 0 Å². The number of benzene rings is 2. The lowest BCUT2D eigenvalue weighted by Crippen LogP contribution is -2.42. The third-order valence-corrected chi connectivity index (χ3v) is 4.41. The van der Waals surface area contributed by atoms with Crippen molar-refractivity contribution in [1.82, 2.24) is 10.3 Å². The van der Waals surface area contributed by atoms with Crippen LogP contribution in [0.25, 0.3) is 10.9 Å². The highest BCUT2D eigenvalue weighted by molar-refractivity contribution is 5.86. The minimum Gasteiger partial charge on any atom is -0.361 e. The Morgan fingerprint density at radius 2 is 1.88 bits per heavy atom. The molecule has 24 heavy (non-hydrogen) atoms. The standard InChI is InChI=1S/C20H23N3O/c1-14-6-2-3-7-15(14)10-11-22-20(24)18(21)12-16-13-23-19-9-5-4-8-17(16)19/h2-9,13,18,23H,10-12,21H2,1H3,(H,22,24)/t18-/m0/s1. The molecule has 0 bridgehead atoms. The second-order valence-electron chi connectivity index (χ2n) is 6.14. The normalized spacial score (nSPS) is 12.2. The predicted octanol–water partition coefficient (Wildman–Crippen LogP) is 2.71. The van der Waals surface area contributed by atoms with Crippen molar-refractivity contribution in [1.29, 1.82) is 0 Å². The van der Waals surface area contributed by atoms with Gasteiger partial charge in [0, 0.05) is 23.6 Å². The summed E-state index contributed by atoms with van der Waals surface area (Å²) in [5.74, 6) is -0.103. The average Bonchev–Trinajstić information content (AvgIpc) is 2.99. The quantitative estimate of drug-likeness (QED) is 0.653. The minimum absolute atomic E-state index is 0.103. The van der Waals surface area contributed by atoms with Crippen molar-refractivity contribution in [2.75, 3.05) is 6.54 Å². The van der Waals surface area contributed by atoms with Crippen LogP contribution in [0.15, 0.2) is 54.7 Å². The van der Waals surface area contributed by atoms with Gasteiger partial charge in [0.25, 0.3) is 0 Å². The number of carbonyl (C=O) groups is 1. The average molecular weight is 321 g/mol. The molecule has 1 heterocycles. The highest BCUT2D eigenvalue weighted by atomic mass is 16.2. The summed E-state index contributed by atoms with van der Waals surface area (Å²) < 4.78 is 0. The number of carbonyl (C=O) groups excluding carboxylic acids is 1. The first-order valence-electron chi connectivity index (χ1n) is 8.28. The van der Waals surface area contributed by atoms with Gasteiger partial charge >= 0.3 is 0 Å². The molecule has 0 aliphatic heterocycles. The van der Waals surface area contributed by atoms with Crippen molar-refractivity contribution in [2.45, 2.75) is 25.8 Å². The maximum Gasteiger partial charge on any atom is 0.237 e. The van der Waals surface area contributed by atoms with Crippen LogP contribution in [0.4, 0.5) is 0 Å². The summed E-state index contributed by atoms with van der Waals surface area (Å²) in [6.45, 7) is 2.69. The van der Waals surface area contributed by atoms with Gasteiger partial charge in [-0.25, -0.2) is 0 Å². The highest BCUT2D eigenvalue weighted by Crippen LogP contribution is 2.18. The minimum atomic E-state index is -0.541. The number of nitrogens with two attached hydrogens (primary N) is 1. The van der Waals surface area contributed by atoms with E-state index in [9.17, 15) is 4.79 Å². The van der Waals surface area contributed by atoms with E-state index in [0.29, 0.717) is 13.0 Å². The van der Waals surface area contributed by atoms with Gasteiger partial charge in [0.1, 0.15) is 0 Å². The number of aromatic nitrogens is 1. The van der Waals surface area contributed by atoms with Crippen molar-refractivity contribution < 1.29 is 4.79 Å². The Labute approximate surface area is 142 Å². The number of aryl methyl sites for hydroxylation is 1. The van der Waals surface area contributed by atoms with E-state index in [0.717, 1.165) is 22.9 Å². The number of hydrogen-bond acceptors (Lipinski definition) is 2. The van der Waals surface area contributed by atoms with Gasteiger partial charge in [0.05, 0.1) is 6.04 Å². The summed E-state index contributed by atoms with van der Waals surface area (Å²) in [4.78, 5) is 15.5. The molecule has 0 fully saturated rings. The van der Waals surface area contributed by atoms with E-state index in [-0.39, 0.29) is 5.91 Å². The van der Waals surface area contributed by atoms with E-state index in [4.69, 9.17) is 5.73 Å². The Hall–Kier alpha value is -2.59. The van der Waals surface area contributed by atoms with Crippen LogP contribution in [-0.2, 0) is 17.6 Å². The van der Waals surface area contributed by atoms with Gasteiger partial charge < -0.3 is 16.0 Å². The molecule has 0 spiro atoms. The van der Waals surface area contributed by atoms with Crippen molar-refractivity contribution in [3.63, 3.8) is 0 Å². The van der Waals surface area contributed by atoms with Crippen LogP contribution < -0.4 is 11.1 Å². The number of nitrogens with one attached hydrogen (secondary N) is 2. The van der Waals surface area contributed by atoms with Crippen LogP contribution in [0.3, 0.4) is 0 Å². The van der Waals surface area contributed by atoms with E-state index in [1.54, 1.807) is 0 Å². The molecule has 0 saturated carbocycles. The van der Waals surface area contributed by atoms with E-state index in [2.05, 4.69) is 29.4 Å². The van der Waals surface area contributed by atoms with E-state index in [1.807, 2.05) is 42.6 Å². The number of fused-ring (bicyclic) bond motifs is 1. The highest BCUT2D eigenvalue weighted by Gasteiger charge is 2.15. The number of rotatable bonds is 6. The zero-order valence-electron chi connectivity index (χ0n) is 13.9. The largest absolute Gasteiger partial charge is 0.361 e. The summed E-state index contributed by atoms with van der Waals surface area (Å²) >= 11 is 0. The SMILES string of the molecule is Cc1ccccc1CCNC(=O)[C@@H](N)Cc1c[nH]c2ccccc12. The molecular weight excluding hydrogens is 298 g/mol. The van der Waals surface area contributed by atoms with Crippen LogP contribution in [0.1, 0.15) is 16.7 Å². The van der Waals surface area contributed by atoms with E-state index >= 15 is 0 Å². The molecule has 0 aliphatic carbocycles. The maximum absolute atomic E-state index is 12.2. The van der Waals surface area contributed by atoms with Crippen LogP contribution in [-0.4, -0.2) is 23.5 Å². The zero-order valence-corrected chi connectivity index (χ0v) is 13.9. The smallest absolute Gasteiger partial charge is 0.237 e. The summed E-state index contributed by atoms with van der Waals surface area (Å²) in [6.07, 6.45) is 3.28. The zero-order chi connectivity index (χ0) is 16.9. The lowest BCUT2D eigenvalue weighted by molar-refractivity contribution is -0.122. The number of para-hydroxylation sites is 1. The molecule has 4 nitrogen and oxygen atoms in total. The van der Waals surface area contributed by atoms with E-state index < -0.39 is 6.04 Å². The van der Waals surface area contributed by atoms with Crippen molar-refractivity contribution in [3.05, 3.63) is 71.4 Å². The number of aromatic amines is 1. The van der Waals surface area contributed by atoms with Gasteiger partial charge in [-0.15, -0.1) is 0 Å². The van der Waals surface area contributed by atoms with E-state index in [1.165, 1.54) is 11.1 Å². The first-order chi connectivity index (χ1) is 11.6. The van der Waals surface area contributed by atoms with Gasteiger partial charge in [0.2, 0.25) is 5.91 Å². The summed E-state index contributed by atoms with van der Waals surface area (Å²) in [5.41, 5.74) is 10.7. The fourth-order valence-corrected chi connectivity index (χ4v) is 2.97. The molecule has 1 atom stereocenters. The molecule has 4 N–H and O–H groups in total. The number of amides is 1. The summed E-state index contributed by atoms with van der Waals surface area (Å²) in [5, 5.41) is 4.07. The lowest BCUT2D eigenvalue weighted by Gasteiger charge is -2.12.